The zero-order chi connectivity index (χ0) is 30.3. The number of likely N-dealkylation sites (N-methyl/N-ethyl adjacent to an activating group) is 1. The third kappa shape index (κ3) is 7.56. The molecule has 0 spiro atoms. The van der Waals surface area contributed by atoms with Gasteiger partial charge in [-0.15, -0.1) is 0 Å². The normalized spacial score (nSPS) is 16.1. The van der Waals surface area contributed by atoms with Gasteiger partial charge in [0.1, 0.15) is 11.1 Å². The largest absolute Gasteiger partial charge is 0.493 e. The smallest absolute Gasteiger partial charge is 0.263 e. The van der Waals surface area contributed by atoms with E-state index < -0.39 is 11.4 Å². The SMILES string of the molecule is COc1ccc(CCN(C)C(=O)C(C)(C)NC(=O)c2cc3c(n(CC4CCCCC4)c2=O)CCCCCC3)cc1OC. The Morgan fingerprint density at radius 3 is 2.31 bits per heavy atom. The van der Waals surface area contributed by atoms with Gasteiger partial charge in [-0.05, 0) is 94.0 Å². The molecule has 1 aromatic carbocycles. The summed E-state index contributed by atoms with van der Waals surface area (Å²) in [6.45, 7) is 4.55. The first kappa shape index (κ1) is 31.6. The van der Waals surface area contributed by atoms with E-state index in [0.717, 1.165) is 55.3 Å². The van der Waals surface area contributed by atoms with E-state index in [0.29, 0.717) is 36.9 Å². The number of carbonyl (C=O) groups is 2. The fourth-order valence-electron chi connectivity index (χ4n) is 6.53. The predicted octanol–water partition coefficient (Wildman–Crippen LogP) is 5.31. The van der Waals surface area contributed by atoms with Gasteiger partial charge >= 0.3 is 0 Å². The number of methoxy groups -OCH3 is 2. The quantitative estimate of drug-likeness (QED) is 0.412. The lowest BCUT2D eigenvalue weighted by Crippen LogP contribution is -2.56. The highest BCUT2D eigenvalue weighted by Gasteiger charge is 2.34. The van der Waals surface area contributed by atoms with Crippen molar-refractivity contribution in [1.29, 1.82) is 0 Å². The first-order valence-electron chi connectivity index (χ1n) is 15.7. The molecule has 0 aliphatic heterocycles. The molecule has 0 unspecified atom stereocenters. The molecule has 0 saturated heterocycles. The average molecular weight is 580 g/mol. The second-order valence-corrected chi connectivity index (χ2v) is 12.6. The summed E-state index contributed by atoms with van der Waals surface area (Å²) in [5.41, 5.74) is 1.99. The van der Waals surface area contributed by atoms with Gasteiger partial charge in [0.05, 0.1) is 14.2 Å². The van der Waals surface area contributed by atoms with Crippen molar-refractivity contribution in [2.75, 3.05) is 27.8 Å². The van der Waals surface area contributed by atoms with Crippen LogP contribution in [-0.2, 0) is 30.6 Å². The van der Waals surface area contributed by atoms with Gasteiger partial charge in [-0.25, -0.2) is 0 Å². The molecule has 42 heavy (non-hydrogen) atoms. The van der Waals surface area contributed by atoms with Crippen LogP contribution in [-0.4, -0.2) is 54.6 Å². The van der Waals surface area contributed by atoms with Crippen molar-refractivity contribution in [3.8, 4) is 11.5 Å². The Kier molecular flexibility index (Phi) is 10.7. The van der Waals surface area contributed by atoms with Gasteiger partial charge in [0, 0.05) is 25.8 Å². The molecule has 0 atom stereocenters. The molecular weight excluding hydrogens is 530 g/mol. The molecule has 2 aliphatic carbocycles. The fraction of sp³-hybridized carbons (Fsp3) is 0.618. The number of fused-ring (bicyclic) bond motifs is 1. The maximum absolute atomic E-state index is 13.9. The molecule has 1 saturated carbocycles. The lowest BCUT2D eigenvalue weighted by Gasteiger charge is -2.31. The highest BCUT2D eigenvalue weighted by Crippen LogP contribution is 2.29. The first-order chi connectivity index (χ1) is 20.1. The summed E-state index contributed by atoms with van der Waals surface area (Å²) in [6.07, 6.45) is 12.8. The van der Waals surface area contributed by atoms with Crippen molar-refractivity contribution >= 4 is 11.8 Å². The van der Waals surface area contributed by atoms with Crippen LogP contribution < -0.4 is 20.3 Å². The molecule has 1 aromatic heterocycles. The van der Waals surface area contributed by atoms with Crippen molar-refractivity contribution in [2.45, 2.75) is 103 Å². The van der Waals surface area contributed by atoms with Gasteiger partial charge in [-0.2, -0.15) is 0 Å². The second-order valence-electron chi connectivity index (χ2n) is 12.6. The summed E-state index contributed by atoms with van der Waals surface area (Å²) in [6, 6.07) is 7.52. The van der Waals surface area contributed by atoms with Gasteiger partial charge in [0.15, 0.2) is 11.5 Å². The van der Waals surface area contributed by atoms with Crippen LogP contribution >= 0.6 is 0 Å². The number of aromatic nitrogens is 1. The van der Waals surface area contributed by atoms with E-state index in [1.54, 1.807) is 40.0 Å². The third-order valence-electron chi connectivity index (χ3n) is 9.00. The Labute approximate surface area is 250 Å². The van der Waals surface area contributed by atoms with E-state index in [-0.39, 0.29) is 17.0 Å². The zero-order valence-corrected chi connectivity index (χ0v) is 26.2. The topological polar surface area (TPSA) is 89.9 Å². The number of hydrogen-bond donors (Lipinski definition) is 1. The molecular formula is C34H49N3O5. The molecule has 2 aliphatic rings. The van der Waals surface area contributed by atoms with E-state index in [2.05, 4.69) is 5.32 Å². The molecule has 1 fully saturated rings. The van der Waals surface area contributed by atoms with Crippen LogP contribution in [0.2, 0.25) is 0 Å². The Balaban J connectivity index is 1.50. The van der Waals surface area contributed by atoms with Crippen LogP contribution in [0.1, 0.15) is 98.8 Å². The van der Waals surface area contributed by atoms with Crippen LogP contribution in [0.4, 0.5) is 0 Å². The number of nitrogens with zero attached hydrogens (tertiary/aromatic N) is 2. The van der Waals surface area contributed by atoms with Crippen LogP contribution in [0.5, 0.6) is 11.5 Å². The predicted molar refractivity (Wildman–Crippen MR) is 166 cm³/mol. The lowest BCUT2D eigenvalue weighted by atomic mass is 9.88. The monoisotopic (exact) mass is 579 g/mol. The van der Waals surface area contributed by atoms with Crippen molar-refractivity contribution < 1.29 is 19.1 Å². The number of hydrogen-bond acceptors (Lipinski definition) is 5. The highest BCUT2D eigenvalue weighted by molar-refractivity contribution is 5.98. The molecule has 0 radical (unpaired) electrons. The minimum absolute atomic E-state index is 0.152. The van der Waals surface area contributed by atoms with E-state index in [4.69, 9.17) is 9.47 Å². The lowest BCUT2D eigenvalue weighted by molar-refractivity contribution is -0.135. The summed E-state index contributed by atoms with van der Waals surface area (Å²) in [5.74, 6) is 1.07. The van der Waals surface area contributed by atoms with Gasteiger partial charge in [0.25, 0.3) is 11.5 Å². The number of nitrogens with one attached hydrogen (secondary N) is 1. The summed E-state index contributed by atoms with van der Waals surface area (Å²) in [7, 11) is 4.93. The van der Waals surface area contributed by atoms with Gasteiger partial charge < -0.3 is 24.3 Å². The highest BCUT2D eigenvalue weighted by atomic mass is 16.5. The maximum Gasteiger partial charge on any atom is 0.263 e. The third-order valence-corrected chi connectivity index (χ3v) is 9.00. The van der Waals surface area contributed by atoms with Crippen LogP contribution in [0.25, 0.3) is 0 Å². The van der Waals surface area contributed by atoms with E-state index in [9.17, 15) is 14.4 Å². The standard InChI is InChI=1S/C34H49N3O5/c1-34(2,33(40)36(3)20-19-24-17-18-29(41-4)30(21-24)42-5)35-31(38)27-22-26-15-11-6-7-12-16-28(26)37(32(27)39)23-25-13-9-8-10-14-25/h17-18,21-22,25H,6-16,19-20,23H2,1-5H3,(H,35,38). The maximum atomic E-state index is 13.9. The Morgan fingerprint density at radius 2 is 1.62 bits per heavy atom. The van der Waals surface area contributed by atoms with E-state index in [1.807, 2.05) is 28.8 Å². The zero-order valence-electron chi connectivity index (χ0n) is 26.2. The second kappa shape index (κ2) is 14.3. The van der Waals surface area contributed by atoms with E-state index >= 15 is 0 Å². The molecule has 8 nitrogen and oxygen atoms in total. The number of amides is 2. The summed E-state index contributed by atoms with van der Waals surface area (Å²) >= 11 is 0. The number of rotatable bonds is 10. The number of pyridine rings is 1. The molecule has 2 amide bonds. The molecule has 230 valence electrons. The molecule has 4 rings (SSSR count). The van der Waals surface area contributed by atoms with Gasteiger partial charge in [-0.3, -0.25) is 14.4 Å². The number of aryl methyl sites for hydroxylation is 1. The van der Waals surface area contributed by atoms with Gasteiger partial charge in [0.2, 0.25) is 5.91 Å². The van der Waals surface area contributed by atoms with Crippen molar-refractivity contribution in [3.63, 3.8) is 0 Å². The van der Waals surface area contributed by atoms with E-state index in [1.165, 1.54) is 32.1 Å². The molecule has 1 N–H and O–H groups in total. The average Bonchev–Trinajstić information content (AvgIpc) is 2.97. The first-order valence-corrected chi connectivity index (χ1v) is 15.7. The van der Waals surface area contributed by atoms with Crippen LogP contribution in [0.15, 0.2) is 29.1 Å². The van der Waals surface area contributed by atoms with Crippen molar-refractivity contribution in [1.82, 2.24) is 14.8 Å². The molecule has 2 aromatic rings. The van der Waals surface area contributed by atoms with Crippen LogP contribution in [0.3, 0.4) is 0 Å². The molecule has 1 heterocycles. The van der Waals surface area contributed by atoms with Crippen molar-refractivity contribution in [3.05, 3.63) is 57.0 Å². The Hall–Kier alpha value is -3.29. The van der Waals surface area contributed by atoms with Crippen molar-refractivity contribution in [2.24, 2.45) is 5.92 Å². The Morgan fingerprint density at radius 1 is 0.952 bits per heavy atom. The molecule has 8 heteroatoms. The number of benzene rings is 1. The minimum Gasteiger partial charge on any atom is -0.493 e. The summed E-state index contributed by atoms with van der Waals surface area (Å²) in [5, 5.41) is 2.91. The number of ether oxygens (including phenoxy) is 2. The summed E-state index contributed by atoms with van der Waals surface area (Å²) in [4.78, 5) is 42.7. The number of carbonyl (C=O) groups excluding carboxylic acids is 2. The van der Waals surface area contributed by atoms with Crippen LogP contribution in [0, 0.1) is 5.92 Å². The Bertz CT molecular complexity index is 1310. The minimum atomic E-state index is -1.19. The summed E-state index contributed by atoms with van der Waals surface area (Å²) < 4.78 is 12.6. The fourth-order valence-corrected chi connectivity index (χ4v) is 6.53. The molecule has 0 bridgehead atoms. The van der Waals surface area contributed by atoms with Gasteiger partial charge in [-0.1, -0.05) is 38.2 Å².